The van der Waals surface area contributed by atoms with Crippen molar-refractivity contribution in [3.05, 3.63) is 83.4 Å². The number of nitrogens with one attached hydrogen (secondary N) is 1. The molecule has 0 aliphatic rings. The summed E-state index contributed by atoms with van der Waals surface area (Å²) >= 11 is 3.42. The molecule has 42 heavy (non-hydrogen) atoms. The second-order valence-corrected chi connectivity index (χ2v) is 11.6. The fraction of sp³-hybridized carbons (Fsp3) is 0.310. The van der Waals surface area contributed by atoms with E-state index in [1.165, 1.54) is 50.0 Å². The fourth-order valence-electron chi connectivity index (χ4n) is 3.31. The molecule has 4 aromatic rings. The summed E-state index contributed by atoms with van der Waals surface area (Å²) in [6, 6.07) is 16.7. The predicted octanol–water partition coefficient (Wildman–Crippen LogP) is 5.76. The van der Waals surface area contributed by atoms with Gasteiger partial charge in [-0.1, -0.05) is 85.1 Å². The zero-order chi connectivity index (χ0) is 30.4. The van der Waals surface area contributed by atoms with Crippen LogP contribution in [-0.2, 0) is 16.8 Å². The van der Waals surface area contributed by atoms with E-state index < -0.39 is 10.2 Å². The zero-order valence-electron chi connectivity index (χ0n) is 24.0. The van der Waals surface area contributed by atoms with Gasteiger partial charge in [0.25, 0.3) is 0 Å². The minimum atomic E-state index is -3.96. The average molecular weight is 660 g/mol. The van der Waals surface area contributed by atoms with Gasteiger partial charge in [0, 0.05) is 18.1 Å². The molecule has 1 N–H and O–H groups in total. The maximum absolute atomic E-state index is 13.2. The van der Waals surface area contributed by atoms with Crippen molar-refractivity contribution in [1.82, 2.24) is 24.2 Å². The molecule has 0 unspecified atom stereocenters. The summed E-state index contributed by atoms with van der Waals surface area (Å²) < 4.78 is 47.4. The predicted molar refractivity (Wildman–Crippen MR) is 166 cm³/mol. The molecule has 0 bridgehead atoms. The van der Waals surface area contributed by atoms with Gasteiger partial charge in [-0.25, -0.2) is 9.97 Å². The molecule has 11 nitrogen and oxygen atoms in total. The average Bonchev–Trinajstić information content (AvgIpc) is 3.01. The Morgan fingerprint density at radius 3 is 2.14 bits per heavy atom. The van der Waals surface area contributed by atoms with Gasteiger partial charge in [-0.15, -0.1) is 0 Å². The monoisotopic (exact) mass is 658 g/mol. The van der Waals surface area contributed by atoms with Crippen molar-refractivity contribution < 1.29 is 22.6 Å². The van der Waals surface area contributed by atoms with Gasteiger partial charge in [-0.3, -0.25) is 4.72 Å². The lowest BCUT2D eigenvalue weighted by molar-refractivity contribution is 0.201. The summed E-state index contributed by atoms with van der Waals surface area (Å²) in [5.74, 6) is 0.778. The maximum Gasteiger partial charge on any atom is 0.316 e. The van der Waals surface area contributed by atoms with E-state index in [0.717, 1.165) is 10.0 Å². The van der Waals surface area contributed by atoms with Crippen molar-refractivity contribution in [3.63, 3.8) is 0 Å². The van der Waals surface area contributed by atoms with Crippen molar-refractivity contribution in [3.8, 4) is 28.8 Å². The largest absolute Gasteiger partial charge is 0.494 e. The molecule has 0 fully saturated rings. The van der Waals surface area contributed by atoms with Gasteiger partial charge in [0.2, 0.25) is 5.88 Å². The third kappa shape index (κ3) is 9.93. The second-order valence-electron chi connectivity index (χ2n) is 8.86. The van der Waals surface area contributed by atoms with E-state index in [1.807, 2.05) is 54.6 Å². The number of aromatic nitrogens is 4. The van der Waals surface area contributed by atoms with E-state index in [0.29, 0.717) is 16.9 Å². The van der Waals surface area contributed by atoms with Crippen LogP contribution in [0.3, 0.4) is 0 Å². The van der Waals surface area contributed by atoms with Gasteiger partial charge < -0.3 is 14.2 Å². The molecule has 0 atom stereocenters. The molecule has 0 saturated carbocycles. The molecule has 2 heterocycles. The lowest BCUT2D eigenvalue weighted by atomic mass is 10.1. The van der Waals surface area contributed by atoms with Crippen LogP contribution in [0.5, 0.6) is 17.6 Å². The number of hydrogen-bond donors (Lipinski definition) is 1. The first kappa shape index (κ1) is 32.7. The van der Waals surface area contributed by atoms with Crippen LogP contribution in [0.1, 0.15) is 32.3 Å². The highest BCUT2D eigenvalue weighted by molar-refractivity contribution is 9.10. The molecule has 0 saturated heterocycles. The van der Waals surface area contributed by atoms with E-state index in [9.17, 15) is 8.42 Å². The quantitative estimate of drug-likeness (QED) is 0.178. The third-order valence-electron chi connectivity index (χ3n) is 5.72. The molecule has 2 aromatic heterocycles. The van der Waals surface area contributed by atoms with Crippen LogP contribution in [0.4, 0.5) is 5.82 Å². The van der Waals surface area contributed by atoms with Gasteiger partial charge in [0.1, 0.15) is 19.5 Å². The van der Waals surface area contributed by atoms with Gasteiger partial charge in [0.15, 0.2) is 11.6 Å². The van der Waals surface area contributed by atoms with Crippen LogP contribution >= 0.6 is 15.9 Å². The van der Waals surface area contributed by atoms with Crippen molar-refractivity contribution in [1.29, 1.82) is 0 Å². The lowest BCUT2D eigenvalue weighted by Gasteiger charge is -2.20. The van der Waals surface area contributed by atoms with Gasteiger partial charge in [-0.05, 0) is 23.3 Å². The highest BCUT2D eigenvalue weighted by Gasteiger charge is 2.23. The molecule has 0 amide bonds. The van der Waals surface area contributed by atoms with E-state index in [4.69, 9.17) is 14.2 Å². The first-order valence-corrected chi connectivity index (χ1v) is 15.5. The summed E-state index contributed by atoms with van der Waals surface area (Å²) in [6.45, 7) is 4.76. The number of nitrogens with zero attached hydrogens (tertiary/aromatic N) is 5. The zero-order valence-corrected chi connectivity index (χ0v) is 26.4. The van der Waals surface area contributed by atoms with Crippen molar-refractivity contribution in [2.45, 2.75) is 33.2 Å². The topological polar surface area (TPSA) is 129 Å². The fourth-order valence-corrected chi connectivity index (χ4v) is 4.45. The maximum atomic E-state index is 13.2. The van der Waals surface area contributed by atoms with Crippen LogP contribution in [0.25, 0.3) is 11.1 Å². The highest BCUT2D eigenvalue weighted by atomic mass is 79.9. The molecule has 0 aliphatic carbocycles. The van der Waals surface area contributed by atoms with Gasteiger partial charge in [-0.2, -0.15) is 22.7 Å². The number of anilines is 1. The van der Waals surface area contributed by atoms with E-state index in [-0.39, 0.29) is 37.5 Å². The summed E-state index contributed by atoms with van der Waals surface area (Å²) in [5, 5.41) is 0. The van der Waals surface area contributed by atoms with Crippen molar-refractivity contribution in [2.75, 3.05) is 32.1 Å². The Kier molecular flexibility index (Phi) is 12.9. The first-order chi connectivity index (χ1) is 20.3. The standard InChI is InChI=1S/C25H25BrN6O5S.C4H10/c1-32(16-18-6-4-3-5-7-18)38(33,34)31-23-22(19-8-10-20(26)11-9-19)24(30-17-29-23)36-12-13-37-25-27-14-21(35-2)15-28-25;1-3-4-2/h3-11,14-15,17H,12-13,16H2,1-2H3,(H,29,30,31);3-4H2,1-2H3. The summed E-state index contributed by atoms with van der Waals surface area (Å²) in [7, 11) is -0.944. The number of benzene rings is 2. The number of rotatable bonds is 13. The Labute approximate surface area is 255 Å². The van der Waals surface area contributed by atoms with Crippen molar-refractivity contribution >= 4 is 32.0 Å². The molecule has 0 aliphatic heterocycles. The Morgan fingerprint density at radius 1 is 0.881 bits per heavy atom. The lowest BCUT2D eigenvalue weighted by Crippen LogP contribution is -2.32. The van der Waals surface area contributed by atoms with Crippen LogP contribution in [0.2, 0.25) is 0 Å². The Bertz CT molecular complexity index is 1480. The van der Waals surface area contributed by atoms with E-state index >= 15 is 0 Å². The molecule has 0 spiro atoms. The van der Waals surface area contributed by atoms with Crippen LogP contribution in [-0.4, -0.2) is 60.0 Å². The molecular weight excluding hydrogens is 624 g/mol. The van der Waals surface area contributed by atoms with Crippen LogP contribution in [0, 0.1) is 0 Å². The smallest absolute Gasteiger partial charge is 0.316 e. The summed E-state index contributed by atoms with van der Waals surface area (Å²) in [5.41, 5.74) is 1.89. The Balaban J connectivity index is 0.00000114. The van der Waals surface area contributed by atoms with Gasteiger partial charge in [0.05, 0.1) is 25.1 Å². The molecule has 4 rings (SSSR count). The number of hydrogen-bond acceptors (Lipinski definition) is 9. The number of unbranched alkanes of at least 4 members (excludes halogenated alkanes) is 1. The molecule has 13 heteroatoms. The number of ether oxygens (including phenoxy) is 3. The summed E-state index contributed by atoms with van der Waals surface area (Å²) in [6.07, 6.45) is 6.86. The molecule has 224 valence electrons. The van der Waals surface area contributed by atoms with Crippen molar-refractivity contribution in [2.24, 2.45) is 0 Å². The molecule has 2 aromatic carbocycles. The van der Waals surface area contributed by atoms with E-state index in [2.05, 4.69) is 54.4 Å². The number of halogens is 1. The minimum absolute atomic E-state index is 0.0802. The van der Waals surface area contributed by atoms with Crippen LogP contribution < -0.4 is 18.9 Å². The second kappa shape index (κ2) is 16.6. The SMILES string of the molecule is CCCC.COc1cnc(OCCOc2ncnc(NS(=O)(=O)N(C)Cc3ccccc3)c2-c2ccc(Br)cc2)nc1. The summed E-state index contributed by atoms with van der Waals surface area (Å²) in [4.78, 5) is 16.6. The van der Waals surface area contributed by atoms with E-state index in [1.54, 1.807) is 0 Å². The van der Waals surface area contributed by atoms with Crippen LogP contribution in [0.15, 0.2) is 77.8 Å². The molecular formula is C29H35BrN6O5S. The van der Waals surface area contributed by atoms with Gasteiger partial charge >= 0.3 is 16.2 Å². The molecule has 0 radical (unpaired) electrons. The Morgan fingerprint density at radius 2 is 1.52 bits per heavy atom. The first-order valence-electron chi connectivity index (χ1n) is 13.3. The normalized spacial score (nSPS) is 10.9. The Hall–Kier alpha value is -3.81. The number of methoxy groups -OCH3 is 1. The highest BCUT2D eigenvalue weighted by Crippen LogP contribution is 2.35. The third-order valence-corrected chi connectivity index (χ3v) is 7.65. The minimum Gasteiger partial charge on any atom is -0.494 e.